The maximum absolute atomic E-state index is 13.4. The molecule has 1 aromatic carbocycles. The van der Waals surface area contributed by atoms with E-state index in [9.17, 15) is 23.8 Å². The molecular weight excluding hydrogens is 390 g/mol. The fraction of sp³-hybridized carbons (Fsp3) is 0.556. The average Bonchev–Trinajstić information content (AvgIpc) is 2.61. The summed E-state index contributed by atoms with van der Waals surface area (Å²) in [6.07, 6.45) is 0.667. The molecule has 10 heteroatoms. The van der Waals surface area contributed by atoms with Crippen LogP contribution < -0.4 is 5.09 Å². The molecule has 1 fully saturated rings. The maximum atomic E-state index is 13.4. The van der Waals surface area contributed by atoms with Crippen LogP contribution in [0.1, 0.15) is 39.2 Å². The second-order valence-electron chi connectivity index (χ2n) is 7.61. The number of piperidine rings is 1. The van der Waals surface area contributed by atoms with Crippen LogP contribution in [-0.4, -0.2) is 41.1 Å². The van der Waals surface area contributed by atoms with Crippen LogP contribution in [0.5, 0.6) is 0 Å². The zero-order valence-corrected chi connectivity index (χ0v) is 17.1. The molecule has 0 aliphatic carbocycles. The van der Waals surface area contributed by atoms with Crippen LogP contribution in [0, 0.1) is 11.2 Å². The number of ether oxygens (including phenoxy) is 1. The summed E-state index contributed by atoms with van der Waals surface area (Å²) in [5, 5.41) is 12.9. The molecule has 28 heavy (non-hydrogen) atoms. The topological polar surface area (TPSA) is 105 Å². The van der Waals surface area contributed by atoms with Crippen molar-refractivity contribution in [3.8, 4) is 0 Å². The van der Waals surface area contributed by atoms with Crippen LogP contribution in [-0.2, 0) is 30.0 Å². The molecule has 1 heterocycles. The van der Waals surface area contributed by atoms with Crippen molar-refractivity contribution in [2.45, 2.75) is 45.8 Å². The maximum Gasteiger partial charge on any atom is 0.313 e. The van der Waals surface area contributed by atoms with Crippen molar-refractivity contribution in [1.29, 1.82) is 0 Å². The van der Waals surface area contributed by atoms with E-state index in [1.807, 2.05) is 0 Å². The smallest absolute Gasteiger partial charge is 0.313 e. The molecule has 0 radical (unpaired) electrons. The van der Waals surface area contributed by atoms with Crippen molar-refractivity contribution < 1.29 is 33.0 Å². The van der Waals surface area contributed by atoms with E-state index in [0.29, 0.717) is 17.0 Å². The number of benzene rings is 1. The van der Waals surface area contributed by atoms with Gasteiger partial charge in [-0.25, -0.2) is 14.5 Å². The van der Waals surface area contributed by atoms with Gasteiger partial charge in [0.2, 0.25) is 0 Å². The van der Waals surface area contributed by atoms with Crippen molar-refractivity contribution >= 4 is 19.4 Å². The predicted octanol–water partition coefficient (Wildman–Crippen LogP) is 3.05. The molecule has 0 spiro atoms. The number of nitrogens with zero attached hydrogens (tertiary/aromatic N) is 1. The summed E-state index contributed by atoms with van der Waals surface area (Å²) in [6, 6.07) is 5.67. The second-order valence-corrected chi connectivity index (χ2v) is 10.0. The third-order valence-electron chi connectivity index (χ3n) is 4.24. The standard InChI is InChI=1S/C18H26FN2O6P/c1-18(2,3)17(23)26-12-27-28(25,15-8-5-9-21(24)16(15)22)20-11-13-6-4-7-14(19)10-13/h4,6-7,10,15,24H,5,8-9,11-12H2,1-3H3,(H,20,25). The fourth-order valence-corrected chi connectivity index (χ4v) is 4.67. The van der Waals surface area contributed by atoms with Crippen LogP contribution in [0.2, 0.25) is 0 Å². The van der Waals surface area contributed by atoms with Gasteiger partial charge in [-0.1, -0.05) is 12.1 Å². The molecule has 2 unspecified atom stereocenters. The number of hydrogen-bond donors (Lipinski definition) is 2. The van der Waals surface area contributed by atoms with Crippen molar-refractivity contribution in [1.82, 2.24) is 10.2 Å². The molecular formula is C18H26FN2O6P. The van der Waals surface area contributed by atoms with E-state index >= 15 is 0 Å². The predicted molar refractivity (Wildman–Crippen MR) is 98.9 cm³/mol. The number of rotatable bonds is 7. The summed E-state index contributed by atoms with van der Waals surface area (Å²) in [7, 11) is -3.88. The molecule has 1 aliphatic heterocycles. The lowest BCUT2D eigenvalue weighted by Gasteiger charge is -2.32. The Bertz CT molecular complexity index is 767. The lowest BCUT2D eigenvalue weighted by molar-refractivity contribution is -0.169. The molecule has 1 aromatic rings. The lowest BCUT2D eigenvalue weighted by atomic mass is 9.98. The Hall–Kier alpha value is -1.80. The van der Waals surface area contributed by atoms with Gasteiger partial charge in [0.15, 0.2) is 6.79 Å². The van der Waals surface area contributed by atoms with Crippen LogP contribution >= 0.6 is 7.52 Å². The third kappa shape index (κ3) is 5.85. The summed E-state index contributed by atoms with van der Waals surface area (Å²) in [4.78, 5) is 24.2. The van der Waals surface area contributed by atoms with Gasteiger partial charge in [0.1, 0.15) is 11.5 Å². The molecule has 0 saturated carbocycles. The van der Waals surface area contributed by atoms with E-state index in [4.69, 9.17) is 9.26 Å². The van der Waals surface area contributed by atoms with Gasteiger partial charge in [0.25, 0.3) is 13.4 Å². The number of hydrogen-bond acceptors (Lipinski definition) is 6. The molecule has 0 bridgehead atoms. The largest absolute Gasteiger partial charge is 0.438 e. The van der Waals surface area contributed by atoms with Gasteiger partial charge >= 0.3 is 5.97 Å². The Kier molecular flexibility index (Phi) is 7.33. The molecule has 156 valence electrons. The zero-order chi connectivity index (χ0) is 20.9. The summed E-state index contributed by atoms with van der Waals surface area (Å²) in [5.74, 6) is -1.74. The Morgan fingerprint density at radius 3 is 2.79 bits per heavy atom. The molecule has 0 aromatic heterocycles. The Morgan fingerprint density at radius 2 is 2.14 bits per heavy atom. The number of nitrogens with one attached hydrogen (secondary N) is 1. The first-order valence-corrected chi connectivity index (χ1v) is 10.6. The summed E-state index contributed by atoms with van der Waals surface area (Å²) < 4.78 is 37.2. The van der Waals surface area contributed by atoms with Crippen molar-refractivity contribution in [3.63, 3.8) is 0 Å². The number of carbonyl (C=O) groups is 2. The quantitative estimate of drug-likeness (QED) is 0.305. The molecule has 2 N–H and O–H groups in total. The van der Waals surface area contributed by atoms with Gasteiger partial charge in [0.05, 0.1) is 5.41 Å². The van der Waals surface area contributed by atoms with E-state index in [2.05, 4.69) is 5.09 Å². The Labute approximate surface area is 163 Å². The highest BCUT2D eigenvalue weighted by molar-refractivity contribution is 7.58. The van der Waals surface area contributed by atoms with Crippen molar-refractivity contribution in [3.05, 3.63) is 35.6 Å². The number of carbonyl (C=O) groups excluding carboxylic acids is 2. The van der Waals surface area contributed by atoms with Crippen LogP contribution in [0.25, 0.3) is 0 Å². The summed E-state index contributed by atoms with van der Waals surface area (Å²) in [6.45, 7) is 4.47. The van der Waals surface area contributed by atoms with Crippen LogP contribution in [0.4, 0.5) is 4.39 Å². The number of amides is 1. The van der Waals surface area contributed by atoms with Crippen molar-refractivity contribution in [2.75, 3.05) is 13.3 Å². The van der Waals surface area contributed by atoms with E-state index < -0.39 is 43.1 Å². The van der Waals surface area contributed by atoms with E-state index in [0.717, 1.165) is 0 Å². The molecule has 1 saturated heterocycles. The van der Waals surface area contributed by atoms with Crippen LogP contribution in [0.15, 0.2) is 24.3 Å². The molecule has 1 aliphatic rings. The molecule has 8 nitrogen and oxygen atoms in total. The van der Waals surface area contributed by atoms with E-state index in [1.165, 1.54) is 18.2 Å². The monoisotopic (exact) mass is 416 g/mol. The van der Waals surface area contributed by atoms with Gasteiger partial charge in [-0.2, -0.15) is 0 Å². The van der Waals surface area contributed by atoms with Gasteiger partial charge < -0.3 is 4.74 Å². The first-order valence-electron chi connectivity index (χ1n) is 8.94. The fourth-order valence-electron chi connectivity index (χ4n) is 2.62. The van der Waals surface area contributed by atoms with Gasteiger partial charge in [-0.05, 0) is 51.3 Å². The number of hydroxylamine groups is 2. The highest BCUT2D eigenvalue weighted by Gasteiger charge is 2.44. The molecule has 2 rings (SSSR count). The summed E-state index contributed by atoms with van der Waals surface area (Å²) >= 11 is 0. The third-order valence-corrected chi connectivity index (χ3v) is 6.62. The lowest BCUT2D eigenvalue weighted by Crippen LogP contribution is -2.44. The minimum atomic E-state index is -3.88. The number of esters is 1. The van der Waals surface area contributed by atoms with Crippen LogP contribution in [0.3, 0.4) is 0 Å². The van der Waals surface area contributed by atoms with Gasteiger partial charge in [-0.3, -0.25) is 23.9 Å². The van der Waals surface area contributed by atoms with E-state index in [1.54, 1.807) is 26.8 Å². The highest BCUT2D eigenvalue weighted by atomic mass is 31.2. The van der Waals surface area contributed by atoms with Crippen molar-refractivity contribution in [2.24, 2.45) is 5.41 Å². The average molecular weight is 416 g/mol. The minimum Gasteiger partial charge on any atom is -0.438 e. The van der Waals surface area contributed by atoms with Gasteiger partial charge in [0, 0.05) is 13.1 Å². The second kappa shape index (κ2) is 9.13. The zero-order valence-electron chi connectivity index (χ0n) is 16.2. The summed E-state index contributed by atoms with van der Waals surface area (Å²) in [5.41, 5.74) is -1.40. The molecule has 1 amide bonds. The van der Waals surface area contributed by atoms with Gasteiger partial charge in [-0.15, -0.1) is 0 Å². The molecule has 2 atom stereocenters. The highest BCUT2D eigenvalue weighted by Crippen LogP contribution is 2.51. The number of halogens is 1. The first kappa shape index (κ1) is 22.5. The van der Waals surface area contributed by atoms with E-state index in [-0.39, 0.29) is 19.5 Å². The first-order chi connectivity index (χ1) is 13.0. The minimum absolute atomic E-state index is 0.0303. The Morgan fingerprint density at radius 1 is 1.43 bits per heavy atom. The SMILES string of the molecule is CC(C)(C)C(=O)OCOP(=O)(NCc1cccc(F)c1)C1CCCN(O)C1=O. The Balaban J connectivity index is 2.13. The normalized spacial score (nSPS) is 20.0.